The molecule has 19 heavy (non-hydrogen) atoms. The molecule has 0 spiro atoms. The van der Waals surface area contributed by atoms with E-state index in [1.54, 1.807) is 19.1 Å². The number of imide groups is 1. The minimum atomic E-state index is -0.161. The fourth-order valence-corrected chi connectivity index (χ4v) is 3.27. The number of hydrogen-bond acceptors (Lipinski definition) is 3. The van der Waals surface area contributed by atoms with E-state index in [1.165, 1.54) is 11.0 Å². The molecule has 1 aliphatic heterocycles. The van der Waals surface area contributed by atoms with Crippen LogP contribution in [0.3, 0.4) is 0 Å². The fourth-order valence-electron chi connectivity index (χ4n) is 3.27. The Hall–Kier alpha value is -1.84. The van der Waals surface area contributed by atoms with E-state index in [4.69, 9.17) is 0 Å². The maximum Gasteiger partial charge on any atom is 0.237 e. The predicted molar refractivity (Wildman–Crippen MR) is 70.7 cm³/mol. The maximum atomic E-state index is 12.4. The van der Waals surface area contributed by atoms with Crippen LogP contribution in [0.4, 0.5) is 5.69 Å². The zero-order valence-electron chi connectivity index (χ0n) is 11.1. The van der Waals surface area contributed by atoms with Crippen molar-refractivity contribution in [2.75, 3.05) is 4.90 Å². The smallest absolute Gasteiger partial charge is 0.237 e. The summed E-state index contributed by atoms with van der Waals surface area (Å²) in [6.07, 6.45) is 1.59. The highest BCUT2D eigenvalue weighted by atomic mass is 16.3. The molecule has 1 aromatic carbocycles. The van der Waals surface area contributed by atoms with Crippen molar-refractivity contribution >= 4 is 17.5 Å². The van der Waals surface area contributed by atoms with E-state index in [-0.39, 0.29) is 29.4 Å². The van der Waals surface area contributed by atoms with Crippen LogP contribution in [-0.4, -0.2) is 16.9 Å². The second-order valence-electron chi connectivity index (χ2n) is 5.77. The zero-order valence-corrected chi connectivity index (χ0v) is 11.1. The number of anilines is 1. The van der Waals surface area contributed by atoms with Gasteiger partial charge in [0.1, 0.15) is 5.75 Å². The number of carbonyl (C=O) groups is 2. The average Bonchev–Trinajstić information content (AvgIpc) is 2.84. The number of phenols is 1. The van der Waals surface area contributed by atoms with Gasteiger partial charge in [-0.25, -0.2) is 4.90 Å². The number of aryl methyl sites for hydroxylation is 1. The molecule has 2 amide bonds. The van der Waals surface area contributed by atoms with E-state index in [1.807, 2.05) is 0 Å². The molecule has 3 rings (SSSR count). The molecule has 1 heterocycles. The van der Waals surface area contributed by atoms with Crippen molar-refractivity contribution in [3.63, 3.8) is 0 Å². The first-order valence-corrected chi connectivity index (χ1v) is 6.66. The Bertz CT molecular complexity index is 543. The molecule has 0 radical (unpaired) electrons. The molecule has 1 aromatic rings. The maximum absolute atomic E-state index is 12.4. The monoisotopic (exact) mass is 259 g/mol. The van der Waals surface area contributed by atoms with Gasteiger partial charge >= 0.3 is 0 Å². The fraction of sp³-hybridized carbons (Fsp3) is 0.467. The number of rotatable bonds is 1. The number of aromatic hydroxyl groups is 1. The van der Waals surface area contributed by atoms with E-state index in [0.29, 0.717) is 11.6 Å². The first-order valence-electron chi connectivity index (χ1n) is 6.66. The van der Waals surface area contributed by atoms with E-state index < -0.39 is 0 Å². The van der Waals surface area contributed by atoms with Gasteiger partial charge in [-0.05, 0) is 37.3 Å². The first-order chi connectivity index (χ1) is 8.99. The van der Waals surface area contributed by atoms with E-state index in [9.17, 15) is 14.7 Å². The third kappa shape index (κ3) is 1.74. The Morgan fingerprint density at radius 1 is 1.16 bits per heavy atom. The molecule has 2 fully saturated rings. The van der Waals surface area contributed by atoms with Crippen LogP contribution in [-0.2, 0) is 9.59 Å². The second kappa shape index (κ2) is 4.08. The van der Waals surface area contributed by atoms with Crippen LogP contribution in [0.1, 0.15) is 25.3 Å². The molecule has 4 nitrogen and oxygen atoms in total. The van der Waals surface area contributed by atoms with Crippen molar-refractivity contribution in [3.8, 4) is 5.75 Å². The number of nitrogens with zero attached hydrogens (tertiary/aromatic N) is 1. The first kappa shape index (κ1) is 12.2. The Balaban J connectivity index is 1.96. The second-order valence-corrected chi connectivity index (χ2v) is 5.77. The minimum absolute atomic E-state index is 0.109. The molecule has 4 heteroatoms. The third-order valence-electron chi connectivity index (χ3n) is 4.32. The summed E-state index contributed by atoms with van der Waals surface area (Å²) in [7, 11) is 0. The van der Waals surface area contributed by atoms with Gasteiger partial charge in [0, 0.05) is 6.07 Å². The van der Waals surface area contributed by atoms with Gasteiger partial charge in [0.2, 0.25) is 11.8 Å². The molecule has 0 bridgehead atoms. The standard InChI is InChI=1S/C15H17NO3/c1-8-5-11-12(6-8)15(19)16(14(11)18)10-4-3-9(2)13(17)7-10/h3-4,7-8,11-12,17H,5-6H2,1-2H3. The molecule has 0 aromatic heterocycles. The van der Waals surface area contributed by atoms with E-state index in [2.05, 4.69) is 6.92 Å². The third-order valence-corrected chi connectivity index (χ3v) is 4.32. The summed E-state index contributed by atoms with van der Waals surface area (Å²) in [6.45, 7) is 3.87. The van der Waals surface area contributed by atoms with Crippen molar-refractivity contribution in [2.45, 2.75) is 26.7 Å². The lowest BCUT2D eigenvalue weighted by Gasteiger charge is -2.17. The summed E-state index contributed by atoms with van der Waals surface area (Å²) in [5.74, 6) is 0.0158. The number of benzene rings is 1. The Morgan fingerprint density at radius 2 is 1.74 bits per heavy atom. The van der Waals surface area contributed by atoms with Crippen molar-refractivity contribution in [1.82, 2.24) is 0 Å². The quantitative estimate of drug-likeness (QED) is 0.787. The summed E-state index contributed by atoms with van der Waals surface area (Å²) in [5, 5.41) is 9.73. The SMILES string of the molecule is Cc1ccc(N2C(=O)C3CC(C)CC3C2=O)cc1O. The molecule has 2 aliphatic rings. The van der Waals surface area contributed by atoms with Crippen LogP contribution in [0.25, 0.3) is 0 Å². The number of amides is 2. The molecule has 2 unspecified atom stereocenters. The Kier molecular flexibility index (Phi) is 2.62. The van der Waals surface area contributed by atoms with Gasteiger partial charge < -0.3 is 5.11 Å². The van der Waals surface area contributed by atoms with Gasteiger partial charge in [0.05, 0.1) is 17.5 Å². The zero-order chi connectivity index (χ0) is 13.7. The lowest BCUT2D eigenvalue weighted by Crippen LogP contribution is -2.32. The highest BCUT2D eigenvalue weighted by molar-refractivity contribution is 6.22. The van der Waals surface area contributed by atoms with Gasteiger partial charge in [-0.3, -0.25) is 9.59 Å². The molecule has 2 atom stereocenters. The predicted octanol–water partition coefficient (Wildman–Crippen LogP) is 2.24. The Labute approximate surface area is 112 Å². The molecule has 1 aliphatic carbocycles. The lowest BCUT2D eigenvalue weighted by molar-refractivity contribution is -0.123. The molecular weight excluding hydrogens is 242 g/mol. The van der Waals surface area contributed by atoms with Crippen molar-refractivity contribution in [3.05, 3.63) is 23.8 Å². The van der Waals surface area contributed by atoms with Crippen molar-refractivity contribution in [2.24, 2.45) is 17.8 Å². The van der Waals surface area contributed by atoms with Crippen LogP contribution in [0, 0.1) is 24.7 Å². The van der Waals surface area contributed by atoms with Crippen molar-refractivity contribution < 1.29 is 14.7 Å². The van der Waals surface area contributed by atoms with Gasteiger partial charge in [0.25, 0.3) is 0 Å². The average molecular weight is 259 g/mol. The summed E-state index contributed by atoms with van der Waals surface area (Å²) in [6, 6.07) is 4.94. The summed E-state index contributed by atoms with van der Waals surface area (Å²) >= 11 is 0. The highest BCUT2D eigenvalue weighted by Crippen LogP contribution is 2.44. The molecule has 1 saturated carbocycles. The molecule has 100 valence electrons. The van der Waals surface area contributed by atoms with Crippen LogP contribution >= 0.6 is 0 Å². The number of carbonyl (C=O) groups excluding carboxylic acids is 2. The van der Waals surface area contributed by atoms with Gasteiger partial charge in [-0.2, -0.15) is 0 Å². The Morgan fingerprint density at radius 3 is 2.26 bits per heavy atom. The normalized spacial score (nSPS) is 30.0. The van der Waals surface area contributed by atoms with Crippen LogP contribution in [0.15, 0.2) is 18.2 Å². The summed E-state index contributed by atoms with van der Waals surface area (Å²) in [5.41, 5.74) is 1.22. The van der Waals surface area contributed by atoms with E-state index >= 15 is 0 Å². The largest absolute Gasteiger partial charge is 0.508 e. The van der Waals surface area contributed by atoms with Crippen LogP contribution in [0.2, 0.25) is 0 Å². The minimum Gasteiger partial charge on any atom is -0.508 e. The molecular formula is C15H17NO3. The van der Waals surface area contributed by atoms with E-state index in [0.717, 1.165) is 18.4 Å². The van der Waals surface area contributed by atoms with Gasteiger partial charge in [-0.1, -0.05) is 13.0 Å². The highest BCUT2D eigenvalue weighted by Gasteiger charge is 2.52. The molecule has 1 saturated heterocycles. The van der Waals surface area contributed by atoms with Crippen molar-refractivity contribution in [1.29, 1.82) is 0 Å². The van der Waals surface area contributed by atoms with Crippen LogP contribution < -0.4 is 4.90 Å². The van der Waals surface area contributed by atoms with Crippen LogP contribution in [0.5, 0.6) is 5.75 Å². The number of fused-ring (bicyclic) bond motifs is 1. The number of hydrogen-bond donors (Lipinski definition) is 1. The summed E-state index contributed by atoms with van der Waals surface area (Å²) in [4.78, 5) is 26.0. The lowest BCUT2D eigenvalue weighted by atomic mass is 10.00. The summed E-state index contributed by atoms with van der Waals surface area (Å²) < 4.78 is 0. The van der Waals surface area contributed by atoms with Gasteiger partial charge in [0.15, 0.2) is 0 Å². The topological polar surface area (TPSA) is 57.6 Å². The number of phenolic OH excluding ortho intramolecular Hbond substituents is 1. The van der Waals surface area contributed by atoms with Gasteiger partial charge in [-0.15, -0.1) is 0 Å². The molecule has 1 N–H and O–H groups in total.